The molecule has 0 bridgehead atoms. The first kappa shape index (κ1) is 26.4. The SMILES string of the molecule is C=C/N=N\C(=C/C(=C)C1CC[C@](C)(C(=O)N2CCC(C(=O)OC)C2)C1(C)C)c1c(F)cccc1F. The van der Waals surface area contributed by atoms with Crippen molar-refractivity contribution in [3.05, 3.63) is 66.4 Å². The van der Waals surface area contributed by atoms with Gasteiger partial charge in [0.25, 0.3) is 0 Å². The number of nitrogens with zero attached hydrogens (tertiary/aromatic N) is 3. The van der Waals surface area contributed by atoms with Gasteiger partial charge in [-0.2, -0.15) is 10.2 Å². The van der Waals surface area contributed by atoms with E-state index < -0.39 is 22.5 Å². The van der Waals surface area contributed by atoms with Gasteiger partial charge in [0.15, 0.2) is 0 Å². The predicted octanol–water partition coefficient (Wildman–Crippen LogP) is 5.92. The van der Waals surface area contributed by atoms with Gasteiger partial charge in [0.05, 0.1) is 29.7 Å². The van der Waals surface area contributed by atoms with E-state index in [0.717, 1.165) is 12.1 Å². The summed E-state index contributed by atoms with van der Waals surface area (Å²) in [5.41, 5.74) is -0.899. The minimum Gasteiger partial charge on any atom is -0.469 e. The molecule has 1 aliphatic carbocycles. The van der Waals surface area contributed by atoms with Gasteiger partial charge in [0.1, 0.15) is 11.6 Å². The molecule has 3 atom stereocenters. The van der Waals surface area contributed by atoms with Gasteiger partial charge in [-0.25, -0.2) is 8.78 Å². The molecule has 3 rings (SSSR count). The number of azo groups is 1. The highest BCUT2D eigenvalue weighted by atomic mass is 19.1. The van der Waals surface area contributed by atoms with Crippen LogP contribution in [-0.4, -0.2) is 37.0 Å². The van der Waals surface area contributed by atoms with Crippen molar-refractivity contribution in [2.75, 3.05) is 20.2 Å². The lowest BCUT2D eigenvalue weighted by Crippen LogP contribution is -2.48. The van der Waals surface area contributed by atoms with Gasteiger partial charge < -0.3 is 9.64 Å². The average Bonchev–Trinajstić information content (AvgIpc) is 3.39. The highest BCUT2D eigenvalue weighted by molar-refractivity contribution is 5.85. The summed E-state index contributed by atoms with van der Waals surface area (Å²) in [5, 5.41) is 7.70. The number of hydrogen-bond acceptors (Lipinski definition) is 5. The third kappa shape index (κ3) is 4.83. The molecule has 1 amide bonds. The van der Waals surface area contributed by atoms with Gasteiger partial charge in [0, 0.05) is 19.3 Å². The van der Waals surface area contributed by atoms with E-state index in [4.69, 9.17) is 4.74 Å². The third-order valence-electron chi connectivity index (χ3n) is 7.94. The molecule has 2 fully saturated rings. The van der Waals surface area contributed by atoms with Gasteiger partial charge in [-0.05, 0) is 54.4 Å². The number of likely N-dealkylation sites (tertiary alicyclic amines) is 1. The van der Waals surface area contributed by atoms with Crippen LogP contribution in [0.5, 0.6) is 0 Å². The number of carbonyl (C=O) groups excluding carboxylic acids is 2. The Morgan fingerprint density at radius 1 is 1.20 bits per heavy atom. The third-order valence-corrected chi connectivity index (χ3v) is 7.94. The van der Waals surface area contributed by atoms with Gasteiger partial charge in [-0.3, -0.25) is 9.59 Å². The molecular weight excluding hydrogens is 452 g/mol. The fourth-order valence-electron chi connectivity index (χ4n) is 5.46. The van der Waals surface area contributed by atoms with E-state index in [9.17, 15) is 18.4 Å². The van der Waals surface area contributed by atoms with Crippen LogP contribution >= 0.6 is 0 Å². The Hall–Kier alpha value is -3.16. The van der Waals surface area contributed by atoms with Crippen LogP contribution in [0.15, 0.2) is 59.4 Å². The summed E-state index contributed by atoms with van der Waals surface area (Å²) < 4.78 is 33.9. The molecule has 188 valence electrons. The molecular formula is C27H33F2N3O3. The molecule has 0 N–H and O–H groups in total. The number of halogens is 2. The Morgan fingerprint density at radius 2 is 1.86 bits per heavy atom. The van der Waals surface area contributed by atoms with Crippen LogP contribution in [0.25, 0.3) is 5.70 Å². The normalized spacial score (nSPS) is 26.2. The minimum absolute atomic E-state index is 0.0000933. The van der Waals surface area contributed by atoms with Crippen LogP contribution in [0.1, 0.15) is 45.6 Å². The lowest BCUT2D eigenvalue weighted by Gasteiger charge is -2.43. The summed E-state index contributed by atoms with van der Waals surface area (Å²) in [5.74, 6) is -2.26. The summed E-state index contributed by atoms with van der Waals surface area (Å²) in [6, 6.07) is 3.60. The highest BCUT2D eigenvalue weighted by Gasteiger charge is 2.57. The Kier molecular flexibility index (Phi) is 7.72. The molecule has 0 radical (unpaired) electrons. The highest BCUT2D eigenvalue weighted by Crippen LogP contribution is 2.59. The Bertz CT molecular complexity index is 1070. The van der Waals surface area contributed by atoms with Gasteiger partial charge in [-0.15, -0.1) is 0 Å². The molecule has 1 aromatic carbocycles. The van der Waals surface area contributed by atoms with Gasteiger partial charge >= 0.3 is 5.97 Å². The standard InChI is InChI=1S/C27H33F2N3O3/c1-7-30-31-22(23-20(28)9-8-10-21(23)29)15-17(2)19-11-13-27(5,26(19,3)4)25(34)32-14-12-18(16-32)24(33)35-6/h7-10,15,18-19H,1-2,11-14,16H2,3-6H3/b22-15-,31-30-/t18?,19?,27-/m1/s1. The van der Waals surface area contributed by atoms with Crippen LogP contribution in [0.4, 0.5) is 8.78 Å². The van der Waals surface area contributed by atoms with Crippen molar-refractivity contribution < 1.29 is 23.1 Å². The molecule has 1 aromatic rings. The van der Waals surface area contributed by atoms with Gasteiger partial charge in [0.2, 0.25) is 5.91 Å². The maximum Gasteiger partial charge on any atom is 0.310 e. The first-order valence-electron chi connectivity index (χ1n) is 11.7. The monoisotopic (exact) mass is 485 g/mol. The molecule has 1 aliphatic heterocycles. The van der Waals surface area contributed by atoms with Crippen molar-refractivity contribution in [1.29, 1.82) is 0 Å². The summed E-state index contributed by atoms with van der Waals surface area (Å²) in [4.78, 5) is 27.4. The molecule has 0 spiro atoms. The zero-order chi connectivity index (χ0) is 26.0. The minimum atomic E-state index is -0.757. The molecule has 1 saturated carbocycles. The van der Waals surface area contributed by atoms with E-state index in [1.165, 1.54) is 19.4 Å². The maximum absolute atomic E-state index is 14.5. The van der Waals surface area contributed by atoms with Crippen LogP contribution in [0.2, 0.25) is 0 Å². The van der Waals surface area contributed by atoms with Crippen molar-refractivity contribution >= 4 is 17.6 Å². The van der Waals surface area contributed by atoms with Crippen LogP contribution < -0.4 is 0 Å². The second-order valence-electron chi connectivity index (χ2n) is 10.0. The summed E-state index contributed by atoms with van der Waals surface area (Å²) in [7, 11) is 1.36. The first-order chi connectivity index (χ1) is 16.5. The van der Waals surface area contributed by atoms with E-state index >= 15 is 0 Å². The molecule has 6 nitrogen and oxygen atoms in total. The summed E-state index contributed by atoms with van der Waals surface area (Å²) in [6.07, 6.45) is 4.60. The number of benzene rings is 1. The van der Waals surface area contributed by atoms with Crippen molar-refractivity contribution in [3.63, 3.8) is 0 Å². The number of carbonyl (C=O) groups is 2. The maximum atomic E-state index is 14.5. The van der Waals surface area contributed by atoms with Crippen molar-refractivity contribution in [1.82, 2.24) is 4.90 Å². The lowest BCUT2D eigenvalue weighted by molar-refractivity contribution is -0.148. The van der Waals surface area contributed by atoms with Crippen molar-refractivity contribution in [2.45, 2.75) is 40.0 Å². The average molecular weight is 486 g/mol. The second-order valence-corrected chi connectivity index (χ2v) is 10.0. The fraction of sp³-hybridized carbons (Fsp3) is 0.481. The predicted molar refractivity (Wildman–Crippen MR) is 130 cm³/mol. The van der Waals surface area contributed by atoms with E-state index in [1.54, 1.807) is 11.0 Å². The molecule has 2 unspecified atom stereocenters. The van der Waals surface area contributed by atoms with E-state index in [1.807, 2.05) is 20.8 Å². The summed E-state index contributed by atoms with van der Waals surface area (Å²) >= 11 is 0. The number of rotatable bonds is 7. The smallest absolute Gasteiger partial charge is 0.310 e. The molecule has 8 heteroatoms. The molecule has 1 heterocycles. The number of amides is 1. The first-order valence-corrected chi connectivity index (χ1v) is 11.7. The van der Waals surface area contributed by atoms with Crippen LogP contribution in [0.3, 0.4) is 0 Å². The zero-order valence-electron chi connectivity index (χ0n) is 20.8. The van der Waals surface area contributed by atoms with E-state index in [-0.39, 0.29) is 35.0 Å². The number of ether oxygens (including phenoxy) is 1. The zero-order valence-corrected chi connectivity index (χ0v) is 20.8. The Morgan fingerprint density at radius 3 is 2.46 bits per heavy atom. The molecule has 0 aromatic heterocycles. The van der Waals surface area contributed by atoms with Crippen molar-refractivity contribution in [3.8, 4) is 0 Å². The number of methoxy groups -OCH3 is 1. The van der Waals surface area contributed by atoms with E-state index in [2.05, 4.69) is 23.4 Å². The fourth-order valence-corrected chi connectivity index (χ4v) is 5.46. The number of esters is 1. The number of allylic oxidation sites excluding steroid dienone is 2. The van der Waals surface area contributed by atoms with Crippen LogP contribution in [-0.2, 0) is 14.3 Å². The van der Waals surface area contributed by atoms with E-state index in [0.29, 0.717) is 37.9 Å². The molecule has 35 heavy (non-hydrogen) atoms. The van der Waals surface area contributed by atoms with Crippen LogP contribution in [0, 0.1) is 34.3 Å². The Balaban J connectivity index is 1.89. The van der Waals surface area contributed by atoms with Gasteiger partial charge in [-0.1, -0.05) is 40.0 Å². The quantitative estimate of drug-likeness (QED) is 0.273. The topological polar surface area (TPSA) is 71.3 Å². The lowest BCUT2D eigenvalue weighted by atomic mass is 9.63. The largest absolute Gasteiger partial charge is 0.469 e. The molecule has 1 saturated heterocycles. The van der Waals surface area contributed by atoms with Crippen molar-refractivity contribution in [2.24, 2.45) is 32.9 Å². The number of hydrogen-bond donors (Lipinski definition) is 0. The molecule has 2 aliphatic rings. The second kappa shape index (κ2) is 10.2. The summed E-state index contributed by atoms with van der Waals surface area (Å²) in [6.45, 7) is 14.5. The Labute approximate surface area is 205 Å².